The van der Waals surface area contributed by atoms with Gasteiger partial charge in [0.05, 0.1) is 11.4 Å². The van der Waals surface area contributed by atoms with Gasteiger partial charge in [-0.2, -0.15) is 5.10 Å². The summed E-state index contributed by atoms with van der Waals surface area (Å²) in [5.41, 5.74) is 1.53. The minimum Gasteiger partial charge on any atom is -0.375 e. The summed E-state index contributed by atoms with van der Waals surface area (Å²) >= 11 is 0. The maximum Gasteiger partial charge on any atom is 0.250 e. The van der Waals surface area contributed by atoms with Crippen molar-refractivity contribution in [2.24, 2.45) is 0 Å². The third-order valence-electron chi connectivity index (χ3n) is 2.20. The van der Waals surface area contributed by atoms with Crippen LogP contribution in [-0.2, 0) is 9.53 Å². The molecule has 1 heterocycles. The maximum absolute atomic E-state index is 11.5. The zero-order valence-electron chi connectivity index (χ0n) is 9.46. The predicted octanol–water partition coefficient (Wildman–Crippen LogP) is 1.46. The lowest BCUT2D eigenvalue weighted by atomic mass is 10.2. The van der Waals surface area contributed by atoms with Gasteiger partial charge < -0.3 is 10.1 Å². The number of hydrogen-bond acceptors (Lipinski definition) is 3. The van der Waals surface area contributed by atoms with Crippen LogP contribution in [0.4, 0.5) is 5.69 Å². The van der Waals surface area contributed by atoms with Crippen molar-refractivity contribution in [3.05, 3.63) is 42.7 Å². The minimum atomic E-state index is -0.188. The van der Waals surface area contributed by atoms with Gasteiger partial charge in [0.15, 0.2) is 0 Å². The van der Waals surface area contributed by atoms with E-state index < -0.39 is 0 Å². The topological polar surface area (TPSA) is 56.1 Å². The van der Waals surface area contributed by atoms with Gasteiger partial charge in [0.2, 0.25) is 5.91 Å². The van der Waals surface area contributed by atoms with Crippen molar-refractivity contribution < 1.29 is 9.53 Å². The van der Waals surface area contributed by atoms with Crippen molar-refractivity contribution in [1.82, 2.24) is 9.78 Å². The first-order valence-corrected chi connectivity index (χ1v) is 5.19. The lowest BCUT2D eigenvalue weighted by Gasteiger charge is -2.10. The molecule has 0 atom stereocenters. The number of nitrogens with one attached hydrogen (secondary N) is 1. The van der Waals surface area contributed by atoms with Crippen LogP contribution in [0, 0.1) is 0 Å². The Morgan fingerprint density at radius 1 is 1.41 bits per heavy atom. The van der Waals surface area contributed by atoms with E-state index in [-0.39, 0.29) is 12.5 Å². The van der Waals surface area contributed by atoms with Crippen molar-refractivity contribution >= 4 is 11.6 Å². The van der Waals surface area contributed by atoms with Crippen LogP contribution >= 0.6 is 0 Å². The molecule has 0 aliphatic carbocycles. The fourth-order valence-electron chi connectivity index (χ4n) is 1.51. The first-order chi connectivity index (χ1) is 8.31. The number of carbonyl (C=O) groups is 1. The molecule has 2 aromatic rings. The number of rotatable bonds is 4. The van der Waals surface area contributed by atoms with Crippen LogP contribution in [0.25, 0.3) is 5.69 Å². The summed E-state index contributed by atoms with van der Waals surface area (Å²) in [6.07, 6.45) is 3.51. The van der Waals surface area contributed by atoms with Gasteiger partial charge in [0, 0.05) is 19.5 Å². The van der Waals surface area contributed by atoms with E-state index in [4.69, 9.17) is 4.74 Å². The van der Waals surface area contributed by atoms with Gasteiger partial charge in [-0.05, 0) is 18.2 Å². The van der Waals surface area contributed by atoms with E-state index in [0.717, 1.165) is 5.69 Å². The largest absolute Gasteiger partial charge is 0.375 e. The van der Waals surface area contributed by atoms with E-state index in [1.807, 2.05) is 36.5 Å². The molecule has 0 saturated heterocycles. The summed E-state index contributed by atoms with van der Waals surface area (Å²) in [4.78, 5) is 11.5. The highest BCUT2D eigenvalue weighted by atomic mass is 16.5. The van der Waals surface area contributed by atoms with Gasteiger partial charge in [0.1, 0.15) is 6.61 Å². The molecule has 1 aromatic carbocycles. The SMILES string of the molecule is COCC(=O)Nc1ccccc1-n1cccn1. The molecule has 1 N–H and O–H groups in total. The Morgan fingerprint density at radius 2 is 2.24 bits per heavy atom. The van der Waals surface area contributed by atoms with Crippen LogP contribution in [0.5, 0.6) is 0 Å². The van der Waals surface area contributed by atoms with Crippen molar-refractivity contribution in [3.8, 4) is 5.69 Å². The molecule has 0 aliphatic rings. The molecule has 2 rings (SSSR count). The zero-order chi connectivity index (χ0) is 12.1. The van der Waals surface area contributed by atoms with Crippen LogP contribution < -0.4 is 5.32 Å². The second-order valence-electron chi connectivity index (χ2n) is 3.45. The highest BCUT2D eigenvalue weighted by Crippen LogP contribution is 2.18. The fourth-order valence-corrected chi connectivity index (χ4v) is 1.51. The van der Waals surface area contributed by atoms with E-state index in [0.29, 0.717) is 5.69 Å². The number of anilines is 1. The number of benzene rings is 1. The average molecular weight is 231 g/mol. The molecule has 0 spiro atoms. The molecule has 0 fully saturated rings. The molecule has 0 saturated carbocycles. The van der Waals surface area contributed by atoms with Crippen molar-refractivity contribution in [2.75, 3.05) is 19.0 Å². The highest BCUT2D eigenvalue weighted by molar-refractivity contribution is 5.93. The van der Waals surface area contributed by atoms with E-state index in [9.17, 15) is 4.79 Å². The van der Waals surface area contributed by atoms with E-state index in [2.05, 4.69) is 10.4 Å². The Bertz CT molecular complexity index is 494. The summed E-state index contributed by atoms with van der Waals surface area (Å²) in [5.74, 6) is -0.188. The molecular formula is C12H13N3O2. The van der Waals surface area contributed by atoms with Gasteiger partial charge in [-0.25, -0.2) is 4.68 Å². The number of aromatic nitrogens is 2. The third kappa shape index (κ3) is 2.70. The normalized spacial score (nSPS) is 10.2. The Morgan fingerprint density at radius 3 is 2.94 bits per heavy atom. The summed E-state index contributed by atoms with van der Waals surface area (Å²) < 4.78 is 6.47. The second kappa shape index (κ2) is 5.27. The fraction of sp³-hybridized carbons (Fsp3) is 0.167. The van der Waals surface area contributed by atoms with Crippen LogP contribution in [0.2, 0.25) is 0 Å². The highest BCUT2D eigenvalue weighted by Gasteiger charge is 2.07. The smallest absolute Gasteiger partial charge is 0.250 e. The molecule has 0 bridgehead atoms. The first kappa shape index (κ1) is 11.3. The number of methoxy groups -OCH3 is 1. The predicted molar refractivity (Wildman–Crippen MR) is 64.1 cm³/mol. The van der Waals surface area contributed by atoms with Crippen LogP contribution in [0.3, 0.4) is 0 Å². The van der Waals surface area contributed by atoms with Gasteiger partial charge in [0.25, 0.3) is 0 Å². The second-order valence-corrected chi connectivity index (χ2v) is 3.45. The van der Waals surface area contributed by atoms with Gasteiger partial charge >= 0.3 is 0 Å². The van der Waals surface area contributed by atoms with Crippen molar-refractivity contribution in [3.63, 3.8) is 0 Å². The lowest BCUT2D eigenvalue weighted by Crippen LogP contribution is -2.18. The van der Waals surface area contributed by atoms with Gasteiger partial charge in [-0.3, -0.25) is 4.79 Å². The molecule has 5 heteroatoms. The summed E-state index contributed by atoms with van der Waals surface area (Å²) in [6, 6.07) is 9.28. The van der Waals surface area contributed by atoms with Crippen LogP contribution in [0.1, 0.15) is 0 Å². The average Bonchev–Trinajstić information content (AvgIpc) is 2.83. The number of carbonyl (C=O) groups excluding carboxylic acids is 1. The zero-order valence-corrected chi connectivity index (χ0v) is 9.46. The standard InChI is InChI=1S/C12H13N3O2/c1-17-9-12(16)14-10-5-2-3-6-11(10)15-8-4-7-13-15/h2-8H,9H2,1H3,(H,14,16). The molecule has 5 nitrogen and oxygen atoms in total. The van der Waals surface area contributed by atoms with E-state index in [1.54, 1.807) is 10.9 Å². The Balaban J connectivity index is 2.25. The van der Waals surface area contributed by atoms with Gasteiger partial charge in [-0.15, -0.1) is 0 Å². The monoisotopic (exact) mass is 231 g/mol. The molecule has 1 aromatic heterocycles. The Hall–Kier alpha value is -2.14. The van der Waals surface area contributed by atoms with E-state index in [1.165, 1.54) is 7.11 Å². The minimum absolute atomic E-state index is 0.0352. The number of amides is 1. The Labute approximate surface area is 99.0 Å². The molecule has 0 radical (unpaired) electrons. The summed E-state index contributed by atoms with van der Waals surface area (Å²) in [5, 5.41) is 6.91. The van der Waals surface area contributed by atoms with E-state index >= 15 is 0 Å². The van der Waals surface area contributed by atoms with Crippen molar-refractivity contribution in [2.45, 2.75) is 0 Å². The van der Waals surface area contributed by atoms with Crippen LogP contribution in [0.15, 0.2) is 42.7 Å². The number of hydrogen-bond donors (Lipinski definition) is 1. The third-order valence-corrected chi connectivity index (χ3v) is 2.20. The summed E-state index contributed by atoms with van der Waals surface area (Å²) in [7, 11) is 1.49. The van der Waals surface area contributed by atoms with Crippen molar-refractivity contribution in [1.29, 1.82) is 0 Å². The Kier molecular flexibility index (Phi) is 3.52. The molecular weight excluding hydrogens is 218 g/mol. The lowest BCUT2D eigenvalue weighted by molar-refractivity contribution is -0.119. The molecule has 0 aliphatic heterocycles. The van der Waals surface area contributed by atoms with Crippen LogP contribution in [-0.4, -0.2) is 29.4 Å². The maximum atomic E-state index is 11.5. The number of para-hydroxylation sites is 2. The number of ether oxygens (including phenoxy) is 1. The molecule has 88 valence electrons. The quantitative estimate of drug-likeness (QED) is 0.866. The summed E-state index contributed by atoms with van der Waals surface area (Å²) in [6.45, 7) is 0.0352. The molecule has 1 amide bonds. The first-order valence-electron chi connectivity index (χ1n) is 5.19. The molecule has 0 unspecified atom stereocenters. The number of nitrogens with zero attached hydrogens (tertiary/aromatic N) is 2. The van der Waals surface area contributed by atoms with Gasteiger partial charge in [-0.1, -0.05) is 12.1 Å². The molecule has 17 heavy (non-hydrogen) atoms.